The van der Waals surface area contributed by atoms with Crippen LogP contribution < -0.4 is 0 Å². The maximum atomic E-state index is 5.67. The van der Waals surface area contributed by atoms with E-state index >= 15 is 0 Å². The molecule has 0 fully saturated rings. The molecule has 0 aliphatic heterocycles. The molecule has 0 aliphatic rings. The number of fused-ring (bicyclic) bond motifs is 1. The number of hydrogen-bond acceptors (Lipinski definition) is 3. The summed E-state index contributed by atoms with van der Waals surface area (Å²) in [6.45, 7) is 9.40. The van der Waals surface area contributed by atoms with E-state index in [9.17, 15) is 0 Å². The SMILES string of the molecule is C=C/C=C\c1c(C)oc2c(C)nc(C)nc12. The van der Waals surface area contributed by atoms with Gasteiger partial charge in [0.05, 0.1) is 5.69 Å². The minimum absolute atomic E-state index is 0.763. The zero-order valence-electron chi connectivity index (χ0n) is 9.74. The van der Waals surface area contributed by atoms with E-state index in [4.69, 9.17) is 4.42 Å². The van der Waals surface area contributed by atoms with Gasteiger partial charge in [-0.1, -0.05) is 18.7 Å². The summed E-state index contributed by atoms with van der Waals surface area (Å²) in [5.74, 6) is 1.62. The number of furan rings is 1. The number of aromatic nitrogens is 2. The van der Waals surface area contributed by atoms with Crippen LogP contribution in [0.2, 0.25) is 0 Å². The second-order valence-corrected chi connectivity index (χ2v) is 3.70. The smallest absolute Gasteiger partial charge is 0.174 e. The third-order valence-corrected chi connectivity index (χ3v) is 2.44. The Hall–Kier alpha value is -1.90. The Morgan fingerprint density at radius 3 is 2.62 bits per heavy atom. The molecule has 2 heterocycles. The fourth-order valence-electron chi connectivity index (χ4n) is 1.74. The average Bonchev–Trinajstić information content (AvgIpc) is 2.53. The third-order valence-electron chi connectivity index (χ3n) is 2.44. The van der Waals surface area contributed by atoms with E-state index in [-0.39, 0.29) is 0 Å². The zero-order valence-corrected chi connectivity index (χ0v) is 9.74. The first-order valence-electron chi connectivity index (χ1n) is 5.17. The first-order valence-corrected chi connectivity index (χ1v) is 5.17. The summed E-state index contributed by atoms with van der Waals surface area (Å²) in [4.78, 5) is 8.71. The van der Waals surface area contributed by atoms with Crippen molar-refractivity contribution in [3.63, 3.8) is 0 Å². The number of hydrogen-bond donors (Lipinski definition) is 0. The molecule has 0 aliphatic carbocycles. The lowest BCUT2D eigenvalue weighted by molar-refractivity contribution is 0.572. The quantitative estimate of drug-likeness (QED) is 0.719. The predicted molar refractivity (Wildman–Crippen MR) is 65.2 cm³/mol. The summed E-state index contributed by atoms with van der Waals surface area (Å²) < 4.78 is 5.67. The topological polar surface area (TPSA) is 38.9 Å². The number of aryl methyl sites for hydroxylation is 3. The first kappa shape index (κ1) is 10.6. The van der Waals surface area contributed by atoms with Crippen LogP contribution in [0, 0.1) is 20.8 Å². The van der Waals surface area contributed by atoms with Crippen LogP contribution in [0.3, 0.4) is 0 Å². The average molecular weight is 214 g/mol. The van der Waals surface area contributed by atoms with Gasteiger partial charge in [-0.25, -0.2) is 9.97 Å². The standard InChI is InChI=1S/C13H14N2O/c1-5-6-7-11-9(3)16-13-8(2)14-10(4)15-12(11)13/h5-7H,1H2,2-4H3/b7-6-. The van der Waals surface area contributed by atoms with E-state index in [0.717, 1.165) is 33.9 Å². The molecule has 0 amide bonds. The number of nitrogens with zero attached hydrogens (tertiary/aromatic N) is 2. The molecule has 2 rings (SSSR count). The highest BCUT2D eigenvalue weighted by Crippen LogP contribution is 2.26. The maximum absolute atomic E-state index is 5.67. The van der Waals surface area contributed by atoms with E-state index in [2.05, 4.69) is 16.5 Å². The minimum atomic E-state index is 0.763. The molecule has 0 saturated heterocycles. The molecule has 0 N–H and O–H groups in total. The van der Waals surface area contributed by atoms with Gasteiger partial charge < -0.3 is 4.42 Å². The second kappa shape index (κ2) is 3.93. The lowest BCUT2D eigenvalue weighted by Crippen LogP contribution is -1.91. The second-order valence-electron chi connectivity index (χ2n) is 3.70. The maximum Gasteiger partial charge on any atom is 0.174 e. The molecule has 0 aromatic carbocycles. The molecule has 2 aromatic rings. The van der Waals surface area contributed by atoms with Gasteiger partial charge in [-0.2, -0.15) is 0 Å². The Morgan fingerprint density at radius 1 is 1.19 bits per heavy atom. The van der Waals surface area contributed by atoms with Gasteiger partial charge in [0.25, 0.3) is 0 Å². The van der Waals surface area contributed by atoms with Crippen molar-refractivity contribution in [3.8, 4) is 0 Å². The zero-order chi connectivity index (χ0) is 11.7. The van der Waals surface area contributed by atoms with Crippen molar-refractivity contribution in [2.75, 3.05) is 0 Å². The van der Waals surface area contributed by atoms with Gasteiger partial charge in [0, 0.05) is 5.56 Å². The van der Waals surface area contributed by atoms with E-state index in [1.54, 1.807) is 6.08 Å². The Balaban J connectivity index is 2.77. The van der Waals surface area contributed by atoms with Crippen molar-refractivity contribution in [2.45, 2.75) is 20.8 Å². The Morgan fingerprint density at radius 2 is 1.94 bits per heavy atom. The van der Waals surface area contributed by atoms with E-state index < -0.39 is 0 Å². The molecule has 0 bridgehead atoms. The van der Waals surface area contributed by atoms with Crippen molar-refractivity contribution in [1.82, 2.24) is 9.97 Å². The van der Waals surface area contributed by atoms with Crippen LogP contribution in [0.4, 0.5) is 0 Å². The third kappa shape index (κ3) is 1.65. The molecule has 3 nitrogen and oxygen atoms in total. The van der Waals surface area contributed by atoms with Crippen LogP contribution >= 0.6 is 0 Å². The van der Waals surface area contributed by atoms with E-state index in [1.165, 1.54) is 0 Å². The molecule has 0 spiro atoms. The van der Waals surface area contributed by atoms with E-state index in [0.29, 0.717) is 0 Å². The summed E-state index contributed by atoms with van der Waals surface area (Å²) in [6, 6.07) is 0. The summed E-state index contributed by atoms with van der Waals surface area (Å²) in [5, 5.41) is 0. The molecule has 2 aromatic heterocycles. The Kier molecular flexibility index (Phi) is 2.60. The monoisotopic (exact) mass is 214 g/mol. The Bertz CT molecular complexity index is 579. The van der Waals surface area contributed by atoms with Gasteiger partial charge in [0.2, 0.25) is 0 Å². The highest BCUT2D eigenvalue weighted by Gasteiger charge is 2.13. The van der Waals surface area contributed by atoms with Gasteiger partial charge in [0.1, 0.15) is 17.1 Å². The van der Waals surface area contributed by atoms with Crippen LogP contribution in [-0.2, 0) is 0 Å². The highest BCUT2D eigenvalue weighted by atomic mass is 16.3. The first-order chi connectivity index (χ1) is 7.63. The molecule has 0 unspecified atom stereocenters. The van der Waals surface area contributed by atoms with Crippen molar-refractivity contribution >= 4 is 17.2 Å². The van der Waals surface area contributed by atoms with Gasteiger partial charge >= 0.3 is 0 Å². The van der Waals surface area contributed by atoms with Gasteiger partial charge in [-0.15, -0.1) is 0 Å². The summed E-state index contributed by atoms with van der Waals surface area (Å²) in [5.41, 5.74) is 3.53. The Labute approximate surface area is 94.5 Å². The molecular formula is C13H14N2O. The summed E-state index contributed by atoms with van der Waals surface area (Å²) >= 11 is 0. The fraction of sp³-hybridized carbons (Fsp3) is 0.231. The van der Waals surface area contributed by atoms with Crippen molar-refractivity contribution < 1.29 is 4.42 Å². The van der Waals surface area contributed by atoms with Gasteiger partial charge in [-0.3, -0.25) is 0 Å². The van der Waals surface area contributed by atoms with E-state index in [1.807, 2.05) is 32.9 Å². The minimum Gasteiger partial charge on any atom is -0.457 e. The van der Waals surface area contributed by atoms with Crippen LogP contribution in [0.15, 0.2) is 23.1 Å². The molecular weight excluding hydrogens is 200 g/mol. The van der Waals surface area contributed by atoms with Crippen LogP contribution in [-0.4, -0.2) is 9.97 Å². The summed E-state index contributed by atoms with van der Waals surface area (Å²) in [6.07, 6.45) is 5.57. The highest BCUT2D eigenvalue weighted by molar-refractivity contribution is 5.86. The number of rotatable bonds is 2. The fourth-order valence-corrected chi connectivity index (χ4v) is 1.74. The van der Waals surface area contributed by atoms with Gasteiger partial charge in [0.15, 0.2) is 5.58 Å². The molecule has 16 heavy (non-hydrogen) atoms. The number of allylic oxidation sites excluding steroid dienone is 2. The lowest BCUT2D eigenvalue weighted by Gasteiger charge is -1.96. The lowest BCUT2D eigenvalue weighted by atomic mass is 10.2. The molecule has 3 heteroatoms. The molecule has 0 atom stereocenters. The summed E-state index contributed by atoms with van der Waals surface area (Å²) in [7, 11) is 0. The largest absolute Gasteiger partial charge is 0.457 e. The van der Waals surface area contributed by atoms with Crippen molar-refractivity contribution in [3.05, 3.63) is 41.6 Å². The molecule has 0 radical (unpaired) electrons. The van der Waals surface area contributed by atoms with Crippen molar-refractivity contribution in [1.29, 1.82) is 0 Å². The predicted octanol–water partition coefficient (Wildman–Crippen LogP) is 3.35. The van der Waals surface area contributed by atoms with Gasteiger partial charge in [-0.05, 0) is 26.8 Å². The van der Waals surface area contributed by atoms with Crippen LogP contribution in [0.5, 0.6) is 0 Å². The normalized spacial score (nSPS) is 11.4. The van der Waals surface area contributed by atoms with Crippen LogP contribution in [0.1, 0.15) is 22.8 Å². The molecule has 0 saturated carbocycles. The van der Waals surface area contributed by atoms with Crippen molar-refractivity contribution in [2.24, 2.45) is 0 Å². The molecule has 82 valence electrons. The van der Waals surface area contributed by atoms with Crippen LogP contribution in [0.25, 0.3) is 17.2 Å².